The predicted octanol–water partition coefficient (Wildman–Crippen LogP) is -3.56. The minimum absolute atomic E-state index is 0.0723. The molecule has 12 heteroatoms. The summed E-state index contributed by atoms with van der Waals surface area (Å²) in [5.74, 6) is -2.74. The number of carbonyl (C=O) groups is 2. The number of phenolic OH excluding ortho intramolecular Hbond substituents is 2. The van der Waals surface area contributed by atoms with Gasteiger partial charge in [-0.2, -0.15) is 0 Å². The maximum absolute atomic E-state index is 11.7. The van der Waals surface area contributed by atoms with E-state index in [-0.39, 0.29) is 47.6 Å². The first-order valence-corrected chi connectivity index (χ1v) is 11.3. The molecular weight excluding hydrogens is 476 g/mol. The number of aliphatic carboxylic acids is 2. The molecule has 0 radical (unpaired) electrons. The van der Waals surface area contributed by atoms with Gasteiger partial charge in [0.15, 0.2) is 25.2 Å². The van der Waals surface area contributed by atoms with E-state index in [1.807, 2.05) is 0 Å². The molecule has 0 aliphatic carbocycles. The number of aliphatic hydroxyl groups excluding tert-OH is 4. The summed E-state index contributed by atoms with van der Waals surface area (Å²) in [6, 6.07) is 6.83. The third-order valence-electron chi connectivity index (χ3n) is 6.18. The Morgan fingerprint density at radius 1 is 0.667 bits per heavy atom. The number of benzene rings is 2. The summed E-state index contributed by atoms with van der Waals surface area (Å²) in [4.78, 5) is 23.8. The molecule has 198 valence electrons. The number of nitrogens with one attached hydrogen (secondary N) is 2. The second-order valence-electron chi connectivity index (χ2n) is 8.63. The van der Waals surface area contributed by atoms with Crippen LogP contribution < -0.4 is 9.80 Å². The number of rotatable bonds is 15. The van der Waals surface area contributed by atoms with Crippen molar-refractivity contribution in [3.05, 3.63) is 58.7 Å². The van der Waals surface area contributed by atoms with Gasteiger partial charge in [0.05, 0.1) is 13.2 Å². The van der Waals surface area contributed by atoms with E-state index in [0.717, 1.165) is 0 Å². The van der Waals surface area contributed by atoms with Crippen molar-refractivity contribution in [1.29, 1.82) is 0 Å². The summed E-state index contributed by atoms with van der Waals surface area (Å²) < 4.78 is 0. The van der Waals surface area contributed by atoms with Crippen LogP contribution in [0.4, 0.5) is 0 Å². The molecule has 0 fully saturated rings. The molecule has 10 N–H and O–H groups in total. The number of quaternary nitrogens is 2. The molecule has 0 saturated carbocycles. The van der Waals surface area contributed by atoms with Crippen LogP contribution in [0.25, 0.3) is 0 Å². The lowest BCUT2D eigenvalue weighted by Gasteiger charge is -2.35. The van der Waals surface area contributed by atoms with Gasteiger partial charge >= 0.3 is 11.9 Å². The molecule has 4 atom stereocenters. The quantitative estimate of drug-likeness (QED) is 0.114. The topological polar surface area (TPSA) is 205 Å². The number of hydrogen-bond donors (Lipinski definition) is 10. The maximum atomic E-state index is 11.7. The lowest BCUT2D eigenvalue weighted by Crippen LogP contribution is -3.26. The Bertz CT molecular complexity index is 1030. The molecule has 2 aromatic carbocycles. The highest BCUT2D eigenvalue weighted by atomic mass is 16.4. The Morgan fingerprint density at radius 2 is 1.14 bits per heavy atom. The van der Waals surface area contributed by atoms with Crippen molar-refractivity contribution in [3.8, 4) is 11.5 Å². The molecular formula is C24H34N2O10+2. The van der Waals surface area contributed by atoms with Crippen molar-refractivity contribution in [2.24, 2.45) is 0 Å². The van der Waals surface area contributed by atoms with Crippen LogP contribution in [0.1, 0.15) is 22.3 Å². The number of carboxylic acids is 2. The zero-order valence-electron chi connectivity index (χ0n) is 19.7. The average Bonchev–Trinajstić information content (AvgIpc) is 2.83. The Kier molecular flexibility index (Phi) is 11.0. The normalized spacial score (nSPS) is 14.7. The molecule has 0 saturated heterocycles. The highest BCUT2D eigenvalue weighted by molar-refractivity contribution is 5.68. The summed E-state index contributed by atoms with van der Waals surface area (Å²) in [7, 11) is 0. The zero-order valence-corrected chi connectivity index (χ0v) is 19.7. The maximum Gasteiger partial charge on any atom is 0.359 e. The molecule has 0 aliphatic rings. The smallest absolute Gasteiger partial charge is 0.359 e. The second kappa shape index (κ2) is 13.7. The molecule has 0 aromatic heterocycles. The molecule has 0 amide bonds. The van der Waals surface area contributed by atoms with Crippen LogP contribution in [0.2, 0.25) is 0 Å². The first-order chi connectivity index (χ1) is 17.1. The van der Waals surface area contributed by atoms with Crippen LogP contribution in [0.5, 0.6) is 11.5 Å². The molecule has 0 spiro atoms. The first kappa shape index (κ1) is 29.0. The van der Waals surface area contributed by atoms with Crippen molar-refractivity contribution < 1.29 is 60.2 Å². The highest BCUT2D eigenvalue weighted by Crippen LogP contribution is 2.19. The minimum Gasteiger partial charge on any atom is -0.507 e. The lowest BCUT2D eigenvalue weighted by molar-refractivity contribution is -1.00. The van der Waals surface area contributed by atoms with Crippen LogP contribution in [0, 0.1) is 0 Å². The van der Waals surface area contributed by atoms with Crippen molar-refractivity contribution in [2.75, 3.05) is 26.3 Å². The second-order valence-corrected chi connectivity index (χ2v) is 8.63. The zero-order chi connectivity index (χ0) is 26.8. The molecule has 0 bridgehead atoms. The molecule has 0 heterocycles. The van der Waals surface area contributed by atoms with Gasteiger partial charge in [0.1, 0.15) is 37.8 Å². The number of phenols is 2. The summed E-state index contributed by atoms with van der Waals surface area (Å²) in [6.07, 6.45) is 0. The molecule has 12 nitrogen and oxygen atoms in total. The fraction of sp³-hybridized carbons (Fsp3) is 0.417. The molecule has 36 heavy (non-hydrogen) atoms. The van der Waals surface area contributed by atoms with E-state index in [1.54, 1.807) is 6.07 Å². The van der Waals surface area contributed by atoms with E-state index in [1.165, 1.54) is 30.3 Å². The van der Waals surface area contributed by atoms with Gasteiger partial charge in [-0.05, 0) is 35.4 Å². The first-order valence-electron chi connectivity index (χ1n) is 11.3. The minimum atomic E-state index is -1.21. The van der Waals surface area contributed by atoms with E-state index in [0.29, 0.717) is 22.3 Å². The number of aromatic hydroxyl groups is 2. The molecule has 0 aliphatic heterocycles. The number of carboxylic acid groups (broad SMARTS) is 2. The van der Waals surface area contributed by atoms with Gasteiger partial charge in [-0.1, -0.05) is 12.1 Å². The van der Waals surface area contributed by atoms with E-state index in [2.05, 4.69) is 0 Å². The van der Waals surface area contributed by atoms with Crippen LogP contribution in [0.3, 0.4) is 0 Å². The Morgan fingerprint density at radius 3 is 1.58 bits per heavy atom. The fourth-order valence-electron chi connectivity index (χ4n) is 4.34. The van der Waals surface area contributed by atoms with E-state index >= 15 is 0 Å². The Balaban J connectivity index is 2.44. The van der Waals surface area contributed by atoms with E-state index in [9.17, 15) is 50.4 Å². The summed E-state index contributed by atoms with van der Waals surface area (Å²) >= 11 is 0. The monoisotopic (exact) mass is 510 g/mol. The van der Waals surface area contributed by atoms with Crippen LogP contribution in [-0.2, 0) is 35.9 Å². The number of hydrogen-bond acceptors (Lipinski definition) is 8. The average molecular weight is 511 g/mol. The van der Waals surface area contributed by atoms with Gasteiger partial charge in [0.2, 0.25) is 0 Å². The molecule has 4 unspecified atom stereocenters. The van der Waals surface area contributed by atoms with Crippen molar-refractivity contribution in [2.45, 2.75) is 38.4 Å². The Hall–Kier alpha value is -3.26. The van der Waals surface area contributed by atoms with Gasteiger partial charge in [-0.3, -0.25) is 0 Å². The summed E-state index contributed by atoms with van der Waals surface area (Å²) in [6.45, 7) is -3.00. The fourth-order valence-corrected chi connectivity index (χ4v) is 4.34. The van der Waals surface area contributed by atoms with E-state index in [4.69, 9.17) is 0 Å². The summed E-state index contributed by atoms with van der Waals surface area (Å²) in [5.41, 5.74) is 1.58. The highest BCUT2D eigenvalue weighted by Gasteiger charge is 2.40. The van der Waals surface area contributed by atoms with Crippen molar-refractivity contribution in [3.63, 3.8) is 0 Å². The van der Waals surface area contributed by atoms with Gasteiger partial charge < -0.3 is 50.7 Å². The lowest BCUT2D eigenvalue weighted by atomic mass is 10.0. The van der Waals surface area contributed by atoms with E-state index < -0.39 is 50.3 Å². The molecule has 2 rings (SSSR count). The third kappa shape index (κ3) is 7.88. The van der Waals surface area contributed by atoms with Gasteiger partial charge in [-0.25, -0.2) is 9.59 Å². The Labute approximate surface area is 207 Å². The largest absolute Gasteiger partial charge is 0.507 e. The SMILES string of the molecule is O=C(O)C[NH+](Cc1ccc(CO)cc1O)C(CO)C(CO)[NH+](CC(=O)O)Cc1cc(CO)ccc1O. The van der Waals surface area contributed by atoms with Gasteiger partial charge in [0.25, 0.3) is 0 Å². The van der Waals surface area contributed by atoms with Gasteiger partial charge in [0, 0.05) is 11.1 Å². The third-order valence-corrected chi connectivity index (χ3v) is 6.18. The van der Waals surface area contributed by atoms with Crippen molar-refractivity contribution >= 4 is 11.9 Å². The molecule has 2 aromatic rings. The van der Waals surface area contributed by atoms with Crippen molar-refractivity contribution in [1.82, 2.24) is 0 Å². The van der Waals surface area contributed by atoms with Gasteiger partial charge in [-0.15, -0.1) is 0 Å². The predicted molar refractivity (Wildman–Crippen MR) is 124 cm³/mol. The van der Waals surface area contributed by atoms with Crippen LogP contribution >= 0.6 is 0 Å². The summed E-state index contributed by atoms with van der Waals surface area (Å²) in [5, 5.41) is 78.8. The number of aliphatic hydroxyl groups is 4. The van der Waals surface area contributed by atoms with Crippen LogP contribution in [-0.4, -0.2) is 91.2 Å². The van der Waals surface area contributed by atoms with Crippen LogP contribution in [0.15, 0.2) is 36.4 Å². The standard InChI is InChI=1S/C24H32N2O10/c27-11-15-2-4-21(31)18(5-15)8-26(10-24(35)36)20(14-30)19(13-29)25(9-23(33)34)7-17-3-1-16(12-28)6-22(17)32/h1-6,19-20,27-32H,7-14H2,(H,33,34)(H,35,36)/p+2.